The van der Waals surface area contributed by atoms with Gasteiger partial charge in [-0.05, 0) is 25.0 Å². The van der Waals surface area contributed by atoms with Crippen LogP contribution in [-0.4, -0.2) is 22.4 Å². The summed E-state index contributed by atoms with van der Waals surface area (Å²) in [5.74, 6) is 2.19. The summed E-state index contributed by atoms with van der Waals surface area (Å²) in [5, 5.41) is 14.0. The number of hydrogen-bond acceptors (Lipinski definition) is 5. The Morgan fingerprint density at radius 1 is 1.32 bits per heavy atom. The fourth-order valence-corrected chi connectivity index (χ4v) is 2.51. The lowest BCUT2D eigenvalue weighted by Gasteiger charge is -2.03. The number of rotatable bonds is 3. The van der Waals surface area contributed by atoms with E-state index in [1.54, 1.807) is 19.2 Å². The molecule has 0 unspecified atom stereocenters. The number of ether oxygens (including phenoxy) is 1. The Balaban J connectivity index is 1.89. The second-order valence-electron chi connectivity index (χ2n) is 4.82. The Hall–Kier alpha value is -2.04. The fourth-order valence-electron chi connectivity index (χ4n) is 2.51. The highest BCUT2D eigenvalue weighted by molar-refractivity contribution is 5.63. The van der Waals surface area contributed by atoms with Crippen molar-refractivity contribution in [2.75, 3.05) is 7.11 Å². The van der Waals surface area contributed by atoms with E-state index in [9.17, 15) is 5.11 Å². The maximum absolute atomic E-state index is 9.94. The van der Waals surface area contributed by atoms with E-state index in [4.69, 9.17) is 9.26 Å². The van der Waals surface area contributed by atoms with Crippen molar-refractivity contribution in [3.8, 4) is 23.0 Å². The van der Waals surface area contributed by atoms with E-state index in [1.807, 2.05) is 0 Å². The van der Waals surface area contributed by atoms with Gasteiger partial charge in [0, 0.05) is 12.0 Å². The van der Waals surface area contributed by atoms with Gasteiger partial charge < -0.3 is 14.4 Å². The minimum absolute atomic E-state index is 0.0842. The predicted octanol–water partition coefficient (Wildman–Crippen LogP) is 3.11. The summed E-state index contributed by atoms with van der Waals surface area (Å²) >= 11 is 0. The molecule has 3 rings (SSSR count). The van der Waals surface area contributed by atoms with Crippen LogP contribution in [-0.2, 0) is 0 Å². The monoisotopic (exact) mass is 260 g/mol. The van der Waals surface area contributed by atoms with Crippen LogP contribution in [0.25, 0.3) is 11.5 Å². The molecule has 0 aliphatic heterocycles. The molecule has 19 heavy (non-hydrogen) atoms. The first-order chi connectivity index (χ1) is 9.28. The van der Waals surface area contributed by atoms with E-state index in [0.717, 1.165) is 18.7 Å². The Morgan fingerprint density at radius 3 is 2.79 bits per heavy atom. The average Bonchev–Trinajstić information content (AvgIpc) is 3.09. The molecule has 1 aromatic heterocycles. The van der Waals surface area contributed by atoms with E-state index in [2.05, 4.69) is 10.1 Å². The highest BCUT2D eigenvalue weighted by Crippen LogP contribution is 2.35. The van der Waals surface area contributed by atoms with Crippen LogP contribution in [0.1, 0.15) is 37.4 Å². The zero-order valence-electron chi connectivity index (χ0n) is 10.8. The Kier molecular flexibility index (Phi) is 3.11. The second-order valence-corrected chi connectivity index (χ2v) is 4.82. The maximum atomic E-state index is 9.94. The van der Waals surface area contributed by atoms with Crippen molar-refractivity contribution in [2.45, 2.75) is 31.6 Å². The van der Waals surface area contributed by atoms with Crippen molar-refractivity contribution < 1.29 is 14.4 Å². The van der Waals surface area contributed by atoms with Gasteiger partial charge in [-0.3, -0.25) is 0 Å². The zero-order chi connectivity index (χ0) is 13.2. The van der Waals surface area contributed by atoms with E-state index in [-0.39, 0.29) is 5.75 Å². The molecule has 100 valence electrons. The number of benzene rings is 1. The van der Waals surface area contributed by atoms with E-state index >= 15 is 0 Å². The molecular weight excluding hydrogens is 244 g/mol. The van der Waals surface area contributed by atoms with E-state index in [1.165, 1.54) is 18.9 Å². The first kappa shape index (κ1) is 12.0. The Morgan fingerprint density at radius 2 is 2.11 bits per heavy atom. The van der Waals surface area contributed by atoms with Gasteiger partial charge in [0.05, 0.1) is 12.7 Å². The third-order valence-electron chi connectivity index (χ3n) is 3.60. The average molecular weight is 260 g/mol. The standard InChI is InChI=1S/C14H16N2O3/c1-18-10-6-7-11(12(17)8-10)14-15-13(16-19-14)9-4-2-3-5-9/h6-9,17H,2-5H2,1H3. The summed E-state index contributed by atoms with van der Waals surface area (Å²) in [6, 6.07) is 5.02. The first-order valence-corrected chi connectivity index (χ1v) is 6.49. The molecule has 1 aromatic carbocycles. The van der Waals surface area contributed by atoms with E-state index in [0.29, 0.717) is 23.1 Å². The third-order valence-corrected chi connectivity index (χ3v) is 3.60. The first-order valence-electron chi connectivity index (χ1n) is 6.49. The highest BCUT2D eigenvalue weighted by atomic mass is 16.5. The van der Waals surface area contributed by atoms with Crippen LogP contribution in [0.5, 0.6) is 11.5 Å². The summed E-state index contributed by atoms with van der Waals surface area (Å²) in [7, 11) is 1.55. The quantitative estimate of drug-likeness (QED) is 0.918. The van der Waals surface area contributed by atoms with Gasteiger partial charge in [0.2, 0.25) is 0 Å². The summed E-state index contributed by atoms with van der Waals surface area (Å²) in [6.07, 6.45) is 4.69. The van der Waals surface area contributed by atoms with Gasteiger partial charge in [-0.1, -0.05) is 18.0 Å². The van der Waals surface area contributed by atoms with Crippen molar-refractivity contribution >= 4 is 0 Å². The minimum Gasteiger partial charge on any atom is -0.507 e. The summed E-state index contributed by atoms with van der Waals surface area (Å²) in [6.45, 7) is 0. The van der Waals surface area contributed by atoms with Gasteiger partial charge in [-0.15, -0.1) is 0 Å². The Bertz CT molecular complexity index is 574. The lowest BCUT2D eigenvalue weighted by molar-refractivity contribution is 0.402. The number of methoxy groups -OCH3 is 1. The van der Waals surface area contributed by atoms with Crippen LogP contribution in [0.15, 0.2) is 22.7 Å². The van der Waals surface area contributed by atoms with E-state index < -0.39 is 0 Å². The molecule has 5 nitrogen and oxygen atoms in total. The molecule has 1 aliphatic rings. The minimum atomic E-state index is 0.0842. The van der Waals surface area contributed by atoms with Crippen molar-refractivity contribution in [1.82, 2.24) is 10.1 Å². The van der Waals surface area contributed by atoms with Crippen LogP contribution in [0, 0.1) is 0 Å². The molecule has 0 bridgehead atoms. The number of nitrogens with zero attached hydrogens (tertiary/aromatic N) is 2. The molecule has 0 spiro atoms. The van der Waals surface area contributed by atoms with Crippen LogP contribution in [0.3, 0.4) is 0 Å². The molecule has 0 radical (unpaired) electrons. The van der Waals surface area contributed by atoms with Gasteiger partial charge in [-0.25, -0.2) is 0 Å². The Labute approximate surface area is 111 Å². The predicted molar refractivity (Wildman–Crippen MR) is 69.2 cm³/mol. The number of phenolic OH excluding ortho intramolecular Hbond substituents is 1. The lowest BCUT2D eigenvalue weighted by Crippen LogP contribution is -1.94. The normalized spacial score (nSPS) is 15.8. The molecule has 2 aromatic rings. The van der Waals surface area contributed by atoms with Gasteiger partial charge in [0.15, 0.2) is 5.82 Å². The van der Waals surface area contributed by atoms with Crippen molar-refractivity contribution in [3.63, 3.8) is 0 Å². The number of aromatic hydroxyl groups is 1. The molecule has 1 fully saturated rings. The summed E-state index contributed by atoms with van der Waals surface area (Å²) < 4.78 is 10.3. The van der Waals surface area contributed by atoms with Gasteiger partial charge in [0.1, 0.15) is 11.5 Å². The molecule has 1 heterocycles. The zero-order valence-corrected chi connectivity index (χ0v) is 10.8. The van der Waals surface area contributed by atoms with Crippen molar-refractivity contribution in [1.29, 1.82) is 0 Å². The second kappa shape index (κ2) is 4.91. The van der Waals surface area contributed by atoms with Crippen LogP contribution in [0.2, 0.25) is 0 Å². The highest BCUT2D eigenvalue weighted by Gasteiger charge is 2.23. The fraction of sp³-hybridized carbons (Fsp3) is 0.429. The number of hydrogen-bond donors (Lipinski definition) is 1. The molecule has 1 aliphatic carbocycles. The summed E-state index contributed by atoms with van der Waals surface area (Å²) in [4.78, 5) is 4.40. The molecule has 0 amide bonds. The van der Waals surface area contributed by atoms with Crippen molar-refractivity contribution in [2.24, 2.45) is 0 Å². The number of aromatic nitrogens is 2. The molecule has 1 saturated carbocycles. The molecule has 1 N–H and O–H groups in total. The van der Waals surface area contributed by atoms with Gasteiger partial charge in [-0.2, -0.15) is 4.98 Å². The molecule has 0 atom stereocenters. The number of phenols is 1. The third kappa shape index (κ3) is 2.28. The van der Waals surface area contributed by atoms with Crippen LogP contribution >= 0.6 is 0 Å². The smallest absolute Gasteiger partial charge is 0.261 e. The van der Waals surface area contributed by atoms with Crippen LogP contribution < -0.4 is 4.74 Å². The molecule has 5 heteroatoms. The molecular formula is C14H16N2O3. The molecule has 0 saturated heterocycles. The van der Waals surface area contributed by atoms with Crippen molar-refractivity contribution in [3.05, 3.63) is 24.0 Å². The lowest BCUT2D eigenvalue weighted by atomic mass is 10.1. The topological polar surface area (TPSA) is 68.4 Å². The van der Waals surface area contributed by atoms with Gasteiger partial charge in [0.25, 0.3) is 5.89 Å². The SMILES string of the molecule is COc1ccc(-c2nc(C3CCCC3)no2)c(O)c1. The van der Waals surface area contributed by atoms with Crippen LogP contribution in [0.4, 0.5) is 0 Å². The summed E-state index contributed by atoms with van der Waals surface area (Å²) in [5.41, 5.74) is 0.539. The largest absolute Gasteiger partial charge is 0.507 e. The maximum Gasteiger partial charge on any atom is 0.261 e. The van der Waals surface area contributed by atoms with Gasteiger partial charge >= 0.3 is 0 Å².